The van der Waals surface area contributed by atoms with Crippen LogP contribution < -0.4 is 10.2 Å². The number of nitrogens with one attached hydrogen (secondary N) is 1. The fraction of sp³-hybridized carbons (Fsp3) is 0.533. The number of nitro groups is 1. The molecule has 1 heterocycles. The van der Waals surface area contributed by atoms with Crippen molar-refractivity contribution in [1.82, 2.24) is 4.90 Å². The number of likely N-dealkylation sites (N-methyl/N-ethyl adjacent to an activating group) is 1. The predicted molar refractivity (Wildman–Crippen MR) is 87.0 cm³/mol. The Morgan fingerprint density at radius 3 is 2.28 bits per heavy atom. The highest BCUT2D eigenvalue weighted by Gasteiger charge is 2.40. The van der Waals surface area contributed by atoms with Gasteiger partial charge in [0.15, 0.2) is 0 Å². The fourth-order valence-corrected chi connectivity index (χ4v) is 3.00. The molecular formula is C15H19F3N4O3. The number of benzene rings is 1. The number of alkyl halides is 3. The Morgan fingerprint density at radius 2 is 1.80 bits per heavy atom. The number of amides is 1. The van der Waals surface area contributed by atoms with Crippen molar-refractivity contribution in [2.24, 2.45) is 0 Å². The number of hydrogen-bond donors (Lipinski definition) is 1. The molecule has 1 aliphatic rings. The summed E-state index contributed by atoms with van der Waals surface area (Å²) in [6.45, 7) is 6.02. The zero-order valence-electron chi connectivity index (χ0n) is 14.1. The molecule has 0 bridgehead atoms. The van der Waals surface area contributed by atoms with Crippen LogP contribution in [0, 0.1) is 24.0 Å². The second-order valence-electron chi connectivity index (χ2n) is 6.06. The molecule has 25 heavy (non-hydrogen) atoms. The van der Waals surface area contributed by atoms with Gasteiger partial charge in [-0.05, 0) is 32.5 Å². The number of hydrogen-bond acceptors (Lipinski definition) is 5. The van der Waals surface area contributed by atoms with Crippen LogP contribution in [-0.2, 0) is 4.79 Å². The molecule has 0 unspecified atom stereocenters. The minimum atomic E-state index is -5.12. The van der Waals surface area contributed by atoms with Crippen molar-refractivity contribution in [2.45, 2.75) is 20.0 Å². The zero-order valence-corrected chi connectivity index (χ0v) is 14.1. The van der Waals surface area contributed by atoms with Crippen molar-refractivity contribution in [1.29, 1.82) is 0 Å². The topological polar surface area (TPSA) is 78.7 Å². The molecule has 1 aromatic rings. The molecule has 10 heteroatoms. The van der Waals surface area contributed by atoms with E-state index in [1.165, 1.54) is 13.0 Å². The van der Waals surface area contributed by atoms with Gasteiger partial charge in [0.25, 0.3) is 5.69 Å². The van der Waals surface area contributed by atoms with Crippen LogP contribution in [-0.4, -0.2) is 55.1 Å². The van der Waals surface area contributed by atoms with E-state index in [0.29, 0.717) is 24.3 Å². The Morgan fingerprint density at radius 1 is 1.24 bits per heavy atom. The van der Waals surface area contributed by atoms with Gasteiger partial charge in [-0.1, -0.05) is 0 Å². The number of aryl methyl sites for hydroxylation is 1. The highest BCUT2D eigenvalue weighted by Crippen LogP contribution is 2.39. The Balaban J connectivity index is 2.47. The number of halogens is 3. The van der Waals surface area contributed by atoms with E-state index in [-0.39, 0.29) is 5.56 Å². The molecule has 138 valence electrons. The molecule has 0 spiro atoms. The van der Waals surface area contributed by atoms with E-state index in [2.05, 4.69) is 4.90 Å². The number of carbonyl (C=O) groups excluding carboxylic acids is 1. The van der Waals surface area contributed by atoms with Crippen molar-refractivity contribution in [2.75, 3.05) is 43.4 Å². The van der Waals surface area contributed by atoms with E-state index < -0.39 is 28.4 Å². The summed E-state index contributed by atoms with van der Waals surface area (Å²) in [5.74, 6) is -2.23. The van der Waals surface area contributed by atoms with Gasteiger partial charge in [0.1, 0.15) is 5.69 Å². The van der Waals surface area contributed by atoms with Crippen molar-refractivity contribution in [3.05, 3.63) is 27.3 Å². The van der Waals surface area contributed by atoms with Gasteiger partial charge in [-0.15, -0.1) is 0 Å². The van der Waals surface area contributed by atoms with Gasteiger partial charge in [-0.25, -0.2) is 0 Å². The molecule has 1 saturated heterocycles. The van der Waals surface area contributed by atoms with Crippen LogP contribution in [0.2, 0.25) is 0 Å². The van der Waals surface area contributed by atoms with Gasteiger partial charge >= 0.3 is 12.1 Å². The summed E-state index contributed by atoms with van der Waals surface area (Å²) in [6, 6.07) is 1.22. The summed E-state index contributed by atoms with van der Waals surface area (Å²) in [4.78, 5) is 25.9. The number of piperazine rings is 1. The van der Waals surface area contributed by atoms with E-state index in [1.54, 1.807) is 12.2 Å². The molecule has 1 aliphatic heterocycles. The van der Waals surface area contributed by atoms with Gasteiger partial charge in [0, 0.05) is 31.9 Å². The summed E-state index contributed by atoms with van der Waals surface area (Å²) in [6.07, 6.45) is -5.12. The standard InChI is InChI=1S/C15H19F3N4O3/c1-9-8-11(19-14(23)15(16,17)18)13(22(24)25)10(2)12(9)21-6-4-20(3)5-7-21/h8H,4-7H2,1-3H3,(H,19,23). The van der Waals surface area contributed by atoms with Gasteiger partial charge < -0.3 is 15.1 Å². The van der Waals surface area contributed by atoms with E-state index in [4.69, 9.17) is 0 Å². The molecule has 2 rings (SSSR count). The second-order valence-corrected chi connectivity index (χ2v) is 6.06. The lowest BCUT2D eigenvalue weighted by atomic mass is 10.0. The van der Waals surface area contributed by atoms with Crippen molar-refractivity contribution in [3.63, 3.8) is 0 Å². The molecule has 0 saturated carbocycles. The largest absolute Gasteiger partial charge is 0.471 e. The molecule has 0 aromatic heterocycles. The lowest BCUT2D eigenvalue weighted by Crippen LogP contribution is -2.45. The smallest absolute Gasteiger partial charge is 0.368 e. The number of carbonyl (C=O) groups is 1. The third-order valence-corrected chi connectivity index (χ3v) is 4.21. The summed E-state index contributed by atoms with van der Waals surface area (Å²) in [5, 5.41) is 13.0. The predicted octanol–water partition coefficient (Wildman–Crippen LogP) is 2.46. The molecule has 1 amide bonds. The number of anilines is 2. The molecule has 0 radical (unpaired) electrons. The molecule has 7 nitrogen and oxygen atoms in total. The van der Waals surface area contributed by atoms with Crippen LogP contribution in [0.25, 0.3) is 0 Å². The van der Waals surface area contributed by atoms with Gasteiger partial charge in [-0.3, -0.25) is 14.9 Å². The zero-order chi connectivity index (χ0) is 18.9. The van der Waals surface area contributed by atoms with Crippen LogP contribution in [0.15, 0.2) is 6.07 Å². The summed E-state index contributed by atoms with van der Waals surface area (Å²) < 4.78 is 37.4. The minimum absolute atomic E-state index is 0.243. The average molecular weight is 360 g/mol. The minimum Gasteiger partial charge on any atom is -0.368 e. The van der Waals surface area contributed by atoms with E-state index in [1.807, 2.05) is 11.9 Å². The third kappa shape index (κ3) is 4.01. The highest BCUT2D eigenvalue weighted by molar-refractivity contribution is 5.98. The Bertz CT molecular complexity index is 698. The first-order chi connectivity index (χ1) is 11.5. The lowest BCUT2D eigenvalue weighted by Gasteiger charge is -2.35. The highest BCUT2D eigenvalue weighted by atomic mass is 19.4. The van der Waals surface area contributed by atoms with Crippen LogP contribution in [0.5, 0.6) is 0 Å². The molecule has 0 aliphatic carbocycles. The van der Waals surface area contributed by atoms with E-state index in [9.17, 15) is 28.1 Å². The normalized spacial score (nSPS) is 16.0. The monoisotopic (exact) mass is 360 g/mol. The van der Waals surface area contributed by atoms with Gasteiger partial charge in [0.2, 0.25) is 0 Å². The maximum Gasteiger partial charge on any atom is 0.471 e. The van der Waals surface area contributed by atoms with Crippen molar-refractivity contribution < 1.29 is 22.9 Å². The summed E-state index contributed by atoms with van der Waals surface area (Å²) >= 11 is 0. The number of nitro benzene ring substituents is 1. The van der Waals surface area contributed by atoms with Crippen LogP contribution >= 0.6 is 0 Å². The quantitative estimate of drug-likeness (QED) is 0.662. The van der Waals surface area contributed by atoms with Crippen LogP contribution in [0.4, 0.5) is 30.2 Å². The van der Waals surface area contributed by atoms with Crippen LogP contribution in [0.3, 0.4) is 0 Å². The van der Waals surface area contributed by atoms with E-state index >= 15 is 0 Å². The molecule has 0 atom stereocenters. The van der Waals surface area contributed by atoms with E-state index in [0.717, 1.165) is 13.1 Å². The molecular weight excluding hydrogens is 341 g/mol. The molecule has 1 aromatic carbocycles. The molecule has 1 fully saturated rings. The average Bonchev–Trinajstić information content (AvgIpc) is 2.47. The van der Waals surface area contributed by atoms with Gasteiger partial charge in [-0.2, -0.15) is 13.2 Å². The van der Waals surface area contributed by atoms with Crippen molar-refractivity contribution >= 4 is 23.0 Å². The van der Waals surface area contributed by atoms with Gasteiger partial charge in [0.05, 0.1) is 10.5 Å². The maximum atomic E-state index is 12.5. The Hall–Kier alpha value is -2.36. The first-order valence-electron chi connectivity index (χ1n) is 7.62. The lowest BCUT2D eigenvalue weighted by molar-refractivity contribution is -0.384. The maximum absolute atomic E-state index is 12.5. The SMILES string of the molecule is Cc1cc(NC(=O)C(F)(F)F)c([N+](=O)[O-])c(C)c1N1CCN(C)CC1. The van der Waals surface area contributed by atoms with Crippen molar-refractivity contribution in [3.8, 4) is 0 Å². The Labute approximate surface area is 142 Å². The number of rotatable bonds is 3. The summed E-state index contributed by atoms with van der Waals surface area (Å²) in [7, 11) is 1.97. The number of nitrogens with zero attached hydrogens (tertiary/aromatic N) is 3. The first kappa shape index (κ1) is 19.0. The molecule has 1 N–H and O–H groups in total. The third-order valence-electron chi connectivity index (χ3n) is 4.21. The van der Waals surface area contributed by atoms with Crippen LogP contribution in [0.1, 0.15) is 11.1 Å². The fourth-order valence-electron chi connectivity index (χ4n) is 3.00. The first-order valence-corrected chi connectivity index (χ1v) is 7.62. The Kier molecular flexibility index (Phi) is 5.21. The second kappa shape index (κ2) is 6.87. The summed E-state index contributed by atoms with van der Waals surface area (Å²) in [5.41, 5.74) is 0.485.